The van der Waals surface area contributed by atoms with Gasteiger partial charge in [0.15, 0.2) is 0 Å². The minimum atomic E-state index is -0.986. The molecule has 0 amide bonds. The van der Waals surface area contributed by atoms with Crippen LogP contribution < -0.4 is 5.64 Å². The van der Waals surface area contributed by atoms with Crippen molar-refractivity contribution < 1.29 is 35.2 Å². The fourth-order valence-corrected chi connectivity index (χ4v) is 0.369. The molecule has 2 atom stereocenters. The van der Waals surface area contributed by atoms with Crippen molar-refractivity contribution in [3.8, 4) is 0 Å². The summed E-state index contributed by atoms with van der Waals surface area (Å²) in [6.07, 6.45) is -1.81. The van der Waals surface area contributed by atoms with Gasteiger partial charge in [-0.1, -0.05) is 5.64 Å². The zero-order valence-corrected chi connectivity index (χ0v) is 9.24. The standard InChI is InChI=1S/C4H11NO4.C4H10O3/c6-1-3-8-5-9-4-2-7;1-3(6)4(7)2-5/h5-7H,1-4H2;3-7H,2H2,1H3. The van der Waals surface area contributed by atoms with E-state index in [1.54, 1.807) is 0 Å². The fraction of sp³-hybridized carbons (Fsp3) is 1.00. The van der Waals surface area contributed by atoms with E-state index in [9.17, 15) is 0 Å². The normalized spacial score (nSPS) is 13.9. The highest BCUT2D eigenvalue weighted by atomic mass is 16.9. The van der Waals surface area contributed by atoms with Gasteiger partial charge in [0, 0.05) is 0 Å². The molecule has 0 aliphatic rings. The third-order valence-electron chi connectivity index (χ3n) is 1.25. The van der Waals surface area contributed by atoms with E-state index in [2.05, 4.69) is 15.3 Å². The number of hydrogen-bond acceptors (Lipinski definition) is 8. The predicted molar refractivity (Wildman–Crippen MR) is 54.0 cm³/mol. The van der Waals surface area contributed by atoms with Gasteiger partial charge in [0.1, 0.15) is 6.10 Å². The quantitative estimate of drug-likeness (QED) is 0.198. The number of aliphatic hydroxyl groups excluding tert-OH is 5. The van der Waals surface area contributed by atoms with E-state index in [1.807, 2.05) is 0 Å². The van der Waals surface area contributed by atoms with E-state index < -0.39 is 12.2 Å². The maximum absolute atomic E-state index is 8.44. The molecule has 0 fully saturated rings. The largest absolute Gasteiger partial charge is 0.394 e. The van der Waals surface area contributed by atoms with Gasteiger partial charge in [-0.2, -0.15) is 0 Å². The maximum atomic E-state index is 8.44. The molecule has 0 bridgehead atoms. The van der Waals surface area contributed by atoms with Crippen LogP contribution in [-0.4, -0.2) is 70.8 Å². The van der Waals surface area contributed by atoms with Crippen molar-refractivity contribution in [1.29, 1.82) is 0 Å². The number of nitrogens with one attached hydrogen (secondary N) is 1. The van der Waals surface area contributed by atoms with Crippen LogP contribution in [0.25, 0.3) is 0 Å². The summed E-state index contributed by atoms with van der Waals surface area (Å²) in [5, 5.41) is 41.2. The first-order valence-corrected chi connectivity index (χ1v) is 4.77. The Balaban J connectivity index is 0. The van der Waals surface area contributed by atoms with E-state index in [1.165, 1.54) is 6.92 Å². The summed E-state index contributed by atoms with van der Waals surface area (Å²) in [6.45, 7) is 1.26. The third-order valence-corrected chi connectivity index (χ3v) is 1.25. The van der Waals surface area contributed by atoms with Crippen LogP contribution in [0.5, 0.6) is 0 Å². The molecule has 8 nitrogen and oxygen atoms in total. The average molecular weight is 243 g/mol. The lowest BCUT2D eigenvalue weighted by molar-refractivity contribution is -0.178. The van der Waals surface area contributed by atoms with Gasteiger partial charge < -0.3 is 25.5 Å². The molecule has 16 heavy (non-hydrogen) atoms. The van der Waals surface area contributed by atoms with E-state index in [4.69, 9.17) is 25.5 Å². The highest BCUT2D eigenvalue weighted by Crippen LogP contribution is 1.87. The van der Waals surface area contributed by atoms with Gasteiger partial charge in [-0.3, -0.25) is 9.68 Å². The zero-order valence-electron chi connectivity index (χ0n) is 9.24. The molecular weight excluding hydrogens is 222 g/mol. The lowest BCUT2D eigenvalue weighted by atomic mass is 10.2. The first-order valence-electron chi connectivity index (χ1n) is 4.77. The Morgan fingerprint density at radius 3 is 1.62 bits per heavy atom. The molecule has 0 heterocycles. The minimum absolute atomic E-state index is 0.0600. The number of aliphatic hydroxyl groups is 5. The molecule has 0 aliphatic carbocycles. The molecular formula is C8H21NO7. The van der Waals surface area contributed by atoms with Crippen molar-refractivity contribution in [2.45, 2.75) is 19.1 Å². The molecule has 8 heteroatoms. The van der Waals surface area contributed by atoms with E-state index >= 15 is 0 Å². The summed E-state index contributed by atoms with van der Waals surface area (Å²) in [4.78, 5) is 8.90. The smallest absolute Gasteiger partial charge is 0.103 e. The topological polar surface area (TPSA) is 132 Å². The van der Waals surface area contributed by atoms with Gasteiger partial charge in [-0.25, -0.2) is 0 Å². The first kappa shape index (κ1) is 18.1. The molecule has 0 aliphatic heterocycles. The molecule has 0 aromatic carbocycles. The molecule has 2 unspecified atom stereocenters. The van der Waals surface area contributed by atoms with Gasteiger partial charge in [0.2, 0.25) is 0 Å². The monoisotopic (exact) mass is 243 g/mol. The SMILES string of the molecule is CC(O)C(O)CO.OCCONOCCO. The second kappa shape index (κ2) is 14.7. The summed E-state index contributed by atoms with van der Waals surface area (Å²) in [5.41, 5.74) is 2.07. The zero-order chi connectivity index (χ0) is 12.8. The number of rotatable bonds is 8. The van der Waals surface area contributed by atoms with Crippen molar-refractivity contribution in [2.75, 3.05) is 33.0 Å². The van der Waals surface area contributed by atoms with Crippen molar-refractivity contribution in [1.82, 2.24) is 5.64 Å². The van der Waals surface area contributed by atoms with Gasteiger partial charge in [-0.05, 0) is 6.92 Å². The first-order chi connectivity index (χ1) is 7.59. The molecule has 6 N–H and O–H groups in total. The lowest BCUT2D eigenvalue weighted by Crippen LogP contribution is -2.25. The van der Waals surface area contributed by atoms with E-state index in [0.29, 0.717) is 0 Å². The Hall–Kier alpha value is -0.320. The lowest BCUT2D eigenvalue weighted by Gasteiger charge is -2.07. The third kappa shape index (κ3) is 16.1. The molecule has 0 radical (unpaired) electrons. The van der Waals surface area contributed by atoms with Crippen molar-refractivity contribution >= 4 is 0 Å². The highest BCUT2D eigenvalue weighted by Gasteiger charge is 2.06. The minimum Gasteiger partial charge on any atom is -0.394 e. The highest BCUT2D eigenvalue weighted by molar-refractivity contribution is 4.57. The molecule has 0 aromatic heterocycles. The second-order valence-electron chi connectivity index (χ2n) is 2.72. The summed E-state index contributed by atoms with van der Waals surface area (Å²) in [5.74, 6) is 0. The average Bonchev–Trinajstić information content (AvgIpc) is 2.28. The maximum Gasteiger partial charge on any atom is 0.103 e. The van der Waals surface area contributed by atoms with Crippen LogP contribution in [0.15, 0.2) is 0 Å². The van der Waals surface area contributed by atoms with Crippen LogP contribution in [0.2, 0.25) is 0 Å². The Morgan fingerprint density at radius 1 is 1.00 bits per heavy atom. The van der Waals surface area contributed by atoms with Crippen LogP contribution >= 0.6 is 0 Å². The Morgan fingerprint density at radius 2 is 1.44 bits per heavy atom. The molecule has 0 aromatic rings. The Kier molecular flexibility index (Phi) is 16.6. The summed E-state index contributed by atoms with van der Waals surface area (Å²) < 4.78 is 0. The summed E-state index contributed by atoms with van der Waals surface area (Å²) >= 11 is 0. The fourth-order valence-electron chi connectivity index (χ4n) is 0.369. The van der Waals surface area contributed by atoms with E-state index in [0.717, 1.165) is 0 Å². The van der Waals surface area contributed by atoms with Crippen molar-refractivity contribution in [3.63, 3.8) is 0 Å². The molecule has 100 valence electrons. The molecule has 0 rings (SSSR count). The van der Waals surface area contributed by atoms with E-state index in [-0.39, 0.29) is 33.0 Å². The Labute approximate surface area is 94.0 Å². The van der Waals surface area contributed by atoms with Crippen LogP contribution in [0, 0.1) is 0 Å². The molecule has 0 spiro atoms. The van der Waals surface area contributed by atoms with Crippen LogP contribution in [-0.2, 0) is 9.68 Å². The van der Waals surface area contributed by atoms with Crippen LogP contribution in [0.4, 0.5) is 0 Å². The van der Waals surface area contributed by atoms with Gasteiger partial charge in [0.05, 0.1) is 39.1 Å². The number of hydrogen-bond donors (Lipinski definition) is 6. The second-order valence-corrected chi connectivity index (χ2v) is 2.72. The van der Waals surface area contributed by atoms with Gasteiger partial charge >= 0.3 is 0 Å². The predicted octanol–water partition coefficient (Wildman–Crippen LogP) is -2.86. The summed E-state index contributed by atoms with van der Waals surface area (Å²) in [7, 11) is 0. The van der Waals surface area contributed by atoms with Crippen LogP contribution in [0.3, 0.4) is 0 Å². The molecule has 0 saturated carbocycles. The Bertz CT molecular complexity index is 119. The van der Waals surface area contributed by atoms with Crippen molar-refractivity contribution in [3.05, 3.63) is 0 Å². The van der Waals surface area contributed by atoms with Gasteiger partial charge in [0.25, 0.3) is 0 Å². The van der Waals surface area contributed by atoms with Crippen LogP contribution in [0.1, 0.15) is 6.92 Å². The molecule has 0 saturated heterocycles. The van der Waals surface area contributed by atoms with Crippen molar-refractivity contribution in [2.24, 2.45) is 0 Å². The summed E-state index contributed by atoms with van der Waals surface area (Å²) in [6, 6.07) is 0. The van der Waals surface area contributed by atoms with Gasteiger partial charge in [-0.15, -0.1) is 0 Å².